The van der Waals surface area contributed by atoms with Crippen LogP contribution in [0.15, 0.2) is 24.4 Å². The maximum Gasteiger partial charge on any atom is 0.161 e. The number of nitrogens with zero attached hydrogens (tertiary/aromatic N) is 3. The van der Waals surface area contributed by atoms with Gasteiger partial charge in [-0.3, -0.25) is 4.68 Å². The van der Waals surface area contributed by atoms with Crippen LogP contribution in [0.4, 0.5) is 0 Å². The highest BCUT2D eigenvalue weighted by molar-refractivity contribution is 5.66. The van der Waals surface area contributed by atoms with Gasteiger partial charge in [-0.05, 0) is 37.7 Å². The predicted molar refractivity (Wildman–Crippen MR) is 108 cm³/mol. The molecular formula is C21H32N4O2. The van der Waals surface area contributed by atoms with Crippen LogP contribution < -0.4 is 14.8 Å². The molecule has 3 rings (SSSR count). The minimum absolute atomic E-state index is 0.209. The van der Waals surface area contributed by atoms with Gasteiger partial charge < -0.3 is 19.7 Å². The molecule has 0 saturated carbocycles. The molecule has 1 aliphatic heterocycles. The van der Waals surface area contributed by atoms with E-state index in [0.717, 1.165) is 48.8 Å². The molecule has 0 atom stereocenters. The van der Waals surface area contributed by atoms with Crippen LogP contribution in [-0.4, -0.2) is 55.1 Å². The van der Waals surface area contributed by atoms with Crippen LogP contribution in [0.5, 0.6) is 11.5 Å². The number of hydrogen-bond donors (Lipinski definition) is 1. The molecule has 148 valence electrons. The maximum atomic E-state index is 5.84. The quantitative estimate of drug-likeness (QED) is 0.810. The molecule has 1 N–H and O–H groups in total. The van der Waals surface area contributed by atoms with Gasteiger partial charge in [0, 0.05) is 50.4 Å². The summed E-state index contributed by atoms with van der Waals surface area (Å²) in [5, 5.41) is 8.30. The summed E-state index contributed by atoms with van der Waals surface area (Å²) in [5.41, 5.74) is 3.45. The summed E-state index contributed by atoms with van der Waals surface area (Å²) in [4.78, 5) is 2.23. The molecule has 27 heavy (non-hydrogen) atoms. The Bertz CT molecular complexity index is 768. The first-order valence-electron chi connectivity index (χ1n) is 9.62. The number of nitrogens with one attached hydrogen (secondary N) is 1. The average molecular weight is 373 g/mol. The van der Waals surface area contributed by atoms with E-state index in [2.05, 4.69) is 55.5 Å². The third kappa shape index (κ3) is 5.23. The van der Waals surface area contributed by atoms with E-state index in [0.29, 0.717) is 13.2 Å². The monoisotopic (exact) mass is 372 g/mol. The van der Waals surface area contributed by atoms with Crippen molar-refractivity contribution in [3.8, 4) is 22.8 Å². The van der Waals surface area contributed by atoms with Gasteiger partial charge in [-0.1, -0.05) is 13.8 Å². The molecule has 0 unspecified atom stereocenters. The summed E-state index contributed by atoms with van der Waals surface area (Å²) < 4.78 is 13.5. The van der Waals surface area contributed by atoms with E-state index < -0.39 is 0 Å². The van der Waals surface area contributed by atoms with Crippen molar-refractivity contribution >= 4 is 0 Å². The van der Waals surface area contributed by atoms with Gasteiger partial charge in [-0.15, -0.1) is 0 Å². The first kappa shape index (κ1) is 19.7. The number of fused-ring (bicyclic) bond motifs is 1. The smallest absolute Gasteiger partial charge is 0.161 e. The second-order valence-corrected chi connectivity index (χ2v) is 8.39. The Hall–Kier alpha value is -2.05. The van der Waals surface area contributed by atoms with Crippen LogP contribution in [0.25, 0.3) is 11.3 Å². The van der Waals surface area contributed by atoms with Crippen molar-refractivity contribution < 1.29 is 9.47 Å². The number of benzene rings is 1. The molecule has 2 heterocycles. The largest absolute Gasteiger partial charge is 0.490 e. The highest BCUT2D eigenvalue weighted by Crippen LogP contribution is 2.34. The van der Waals surface area contributed by atoms with E-state index >= 15 is 0 Å². The topological polar surface area (TPSA) is 51.6 Å². The molecule has 1 aliphatic rings. The number of aryl methyl sites for hydroxylation is 1. The van der Waals surface area contributed by atoms with Crippen LogP contribution in [0.3, 0.4) is 0 Å². The Morgan fingerprint density at radius 1 is 1.19 bits per heavy atom. The SMILES string of the molecule is CN(C)CC(C)(C)CNCc1cn(C)nc1-c1ccc2c(c1)OCCCO2. The molecule has 6 nitrogen and oxygen atoms in total. The molecule has 0 saturated heterocycles. The summed E-state index contributed by atoms with van der Waals surface area (Å²) in [7, 11) is 6.20. The van der Waals surface area contributed by atoms with E-state index in [4.69, 9.17) is 9.47 Å². The van der Waals surface area contributed by atoms with E-state index in [1.165, 1.54) is 5.56 Å². The van der Waals surface area contributed by atoms with Crippen molar-refractivity contribution in [1.82, 2.24) is 20.0 Å². The number of rotatable bonds is 7. The third-order valence-corrected chi connectivity index (χ3v) is 4.59. The van der Waals surface area contributed by atoms with Crippen LogP contribution in [-0.2, 0) is 13.6 Å². The maximum absolute atomic E-state index is 5.84. The normalized spacial score (nSPS) is 14.4. The number of ether oxygens (including phenoxy) is 2. The van der Waals surface area contributed by atoms with E-state index in [9.17, 15) is 0 Å². The van der Waals surface area contributed by atoms with Crippen LogP contribution in [0.1, 0.15) is 25.8 Å². The van der Waals surface area contributed by atoms with Gasteiger partial charge in [0.05, 0.1) is 18.9 Å². The van der Waals surface area contributed by atoms with Gasteiger partial charge in [0.25, 0.3) is 0 Å². The lowest BCUT2D eigenvalue weighted by Gasteiger charge is -2.28. The summed E-state index contributed by atoms with van der Waals surface area (Å²) in [6, 6.07) is 6.10. The highest BCUT2D eigenvalue weighted by atomic mass is 16.5. The predicted octanol–water partition coefficient (Wildman–Crippen LogP) is 2.93. The molecule has 0 aliphatic carbocycles. The first-order chi connectivity index (χ1) is 12.8. The van der Waals surface area contributed by atoms with Crippen molar-refractivity contribution in [3.63, 3.8) is 0 Å². The lowest BCUT2D eigenvalue weighted by Crippen LogP contribution is -2.37. The lowest BCUT2D eigenvalue weighted by molar-refractivity contribution is 0.232. The Labute approximate surface area is 162 Å². The second kappa shape index (κ2) is 8.31. The van der Waals surface area contributed by atoms with Crippen molar-refractivity contribution in [2.75, 3.05) is 40.4 Å². The zero-order valence-corrected chi connectivity index (χ0v) is 17.2. The van der Waals surface area contributed by atoms with Gasteiger partial charge >= 0.3 is 0 Å². The van der Waals surface area contributed by atoms with Gasteiger partial charge in [0.2, 0.25) is 0 Å². The number of aromatic nitrogens is 2. The average Bonchev–Trinajstić information content (AvgIpc) is 2.80. The van der Waals surface area contributed by atoms with E-state index in [1.54, 1.807) is 0 Å². The molecule has 0 fully saturated rings. The van der Waals surface area contributed by atoms with Crippen molar-refractivity contribution in [1.29, 1.82) is 0 Å². The molecule has 0 amide bonds. The van der Waals surface area contributed by atoms with Gasteiger partial charge in [0.1, 0.15) is 0 Å². The molecular weight excluding hydrogens is 340 g/mol. The standard InChI is InChI=1S/C21H32N4O2/c1-21(2,15-24(3)4)14-22-12-17-13-25(5)23-20(17)16-7-8-18-19(11-16)27-10-6-9-26-18/h7-8,11,13,22H,6,9-10,12,14-15H2,1-5H3. The summed E-state index contributed by atoms with van der Waals surface area (Å²) >= 11 is 0. The minimum atomic E-state index is 0.209. The Morgan fingerprint density at radius 2 is 1.93 bits per heavy atom. The molecule has 6 heteroatoms. The van der Waals surface area contributed by atoms with Gasteiger partial charge in [-0.25, -0.2) is 0 Å². The Balaban J connectivity index is 1.73. The Kier molecular flexibility index (Phi) is 6.07. The minimum Gasteiger partial charge on any atom is -0.490 e. The zero-order chi connectivity index (χ0) is 19.4. The fraction of sp³-hybridized carbons (Fsp3) is 0.571. The third-order valence-electron chi connectivity index (χ3n) is 4.59. The van der Waals surface area contributed by atoms with Crippen molar-refractivity contribution in [3.05, 3.63) is 30.0 Å². The molecule has 1 aromatic heterocycles. The van der Waals surface area contributed by atoms with Crippen molar-refractivity contribution in [2.45, 2.75) is 26.8 Å². The molecule has 2 aromatic rings. The van der Waals surface area contributed by atoms with Gasteiger partial charge in [-0.2, -0.15) is 5.10 Å². The summed E-state index contributed by atoms with van der Waals surface area (Å²) in [6.07, 6.45) is 3.00. The zero-order valence-electron chi connectivity index (χ0n) is 17.2. The summed E-state index contributed by atoms with van der Waals surface area (Å²) in [6.45, 7) is 8.74. The first-order valence-corrected chi connectivity index (χ1v) is 9.62. The van der Waals surface area contributed by atoms with E-state index in [1.807, 2.05) is 23.9 Å². The molecule has 0 radical (unpaired) electrons. The van der Waals surface area contributed by atoms with Crippen LogP contribution >= 0.6 is 0 Å². The highest BCUT2D eigenvalue weighted by Gasteiger charge is 2.20. The second-order valence-electron chi connectivity index (χ2n) is 8.39. The fourth-order valence-electron chi connectivity index (χ4n) is 3.67. The van der Waals surface area contributed by atoms with Gasteiger partial charge in [0.15, 0.2) is 11.5 Å². The van der Waals surface area contributed by atoms with E-state index in [-0.39, 0.29) is 5.41 Å². The molecule has 0 bridgehead atoms. The molecule has 0 spiro atoms. The fourth-order valence-corrected chi connectivity index (χ4v) is 3.67. The Morgan fingerprint density at radius 3 is 2.67 bits per heavy atom. The van der Waals surface area contributed by atoms with Crippen LogP contribution in [0, 0.1) is 5.41 Å². The molecule has 1 aromatic carbocycles. The summed E-state index contributed by atoms with van der Waals surface area (Å²) in [5.74, 6) is 1.62. The van der Waals surface area contributed by atoms with Crippen LogP contribution in [0.2, 0.25) is 0 Å². The number of hydrogen-bond acceptors (Lipinski definition) is 5. The van der Waals surface area contributed by atoms with Crippen molar-refractivity contribution in [2.24, 2.45) is 12.5 Å². The lowest BCUT2D eigenvalue weighted by atomic mass is 9.93.